The number of benzene rings is 1. The minimum atomic E-state index is -0.513. The van der Waals surface area contributed by atoms with Gasteiger partial charge in [-0.1, -0.05) is 19.9 Å². The Kier molecular flexibility index (Phi) is 5.37. The lowest BCUT2D eigenvalue weighted by Gasteiger charge is -2.36. The van der Waals surface area contributed by atoms with Gasteiger partial charge in [-0.15, -0.1) is 0 Å². The number of hydrogen-bond donors (Lipinski definition) is 2. The van der Waals surface area contributed by atoms with Crippen LogP contribution in [-0.2, 0) is 22.6 Å². The van der Waals surface area contributed by atoms with E-state index in [0.717, 1.165) is 24.9 Å². The first-order chi connectivity index (χ1) is 12.0. The Labute approximate surface area is 148 Å². The number of hydrogen-bond acceptors (Lipinski definition) is 3. The second kappa shape index (κ2) is 7.52. The summed E-state index contributed by atoms with van der Waals surface area (Å²) < 4.78 is 14.7. The van der Waals surface area contributed by atoms with Crippen molar-refractivity contribution in [2.75, 3.05) is 18.4 Å². The van der Waals surface area contributed by atoms with Crippen molar-refractivity contribution in [3.63, 3.8) is 0 Å². The quantitative estimate of drug-likeness (QED) is 0.883. The van der Waals surface area contributed by atoms with Crippen molar-refractivity contribution in [2.24, 2.45) is 5.92 Å². The summed E-state index contributed by atoms with van der Waals surface area (Å²) in [5.74, 6) is -0.801. The highest BCUT2D eigenvalue weighted by molar-refractivity contribution is 5.97. The molecule has 1 fully saturated rings. The van der Waals surface area contributed by atoms with Crippen LogP contribution in [0.4, 0.5) is 10.1 Å². The molecule has 0 saturated carbocycles. The van der Waals surface area contributed by atoms with Gasteiger partial charge in [-0.25, -0.2) is 4.39 Å². The number of piperidine rings is 1. The topological polar surface area (TPSA) is 61.4 Å². The number of carbonyl (C=O) groups is 2. The molecule has 2 heterocycles. The number of fused-ring (bicyclic) bond motifs is 1. The van der Waals surface area contributed by atoms with E-state index in [1.165, 1.54) is 0 Å². The van der Waals surface area contributed by atoms with E-state index in [1.807, 2.05) is 19.9 Å². The number of carbonyl (C=O) groups excluding carboxylic acids is 2. The van der Waals surface area contributed by atoms with Crippen molar-refractivity contribution in [3.8, 4) is 0 Å². The molecule has 25 heavy (non-hydrogen) atoms. The van der Waals surface area contributed by atoms with Crippen molar-refractivity contribution in [1.29, 1.82) is 0 Å². The molecule has 6 heteroatoms. The monoisotopic (exact) mass is 347 g/mol. The normalized spacial score (nSPS) is 20.3. The molecule has 2 aliphatic rings. The summed E-state index contributed by atoms with van der Waals surface area (Å²) in [6, 6.07) is 2.97. The number of nitrogens with one attached hydrogen (secondary N) is 2. The number of nitrogens with zero attached hydrogens (tertiary/aromatic N) is 1. The van der Waals surface area contributed by atoms with Gasteiger partial charge in [0.2, 0.25) is 11.8 Å². The van der Waals surface area contributed by atoms with E-state index in [9.17, 15) is 14.0 Å². The summed E-state index contributed by atoms with van der Waals surface area (Å²) in [6.07, 6.45) is 3.05. The summed E-state index contributed by atoms with van der Waals surface area (Å²) in [7, 11) is 0. The number of likely N-dealkylation sites (tertiary alicyclic amines) is 1. The van der Waals surface area contributed by atoms with Crippen molar-refractivity contribution < 1.29 is 14.0 Å². The SMILES string of the molecule is CC(C)C(=O)N1CCCCC1C(=O)Nc1ccc2c(c1F)CCNC2. The van der Waals surface area contributed by atoms with Gasteiger partial charge in [-0.3, -0.25) is 9.59 Å². The molecule has 0 bridgehead atoms. The average molecular weight is 347 g/mol. The third-order valence-electron chi connectivity index (χ3n) is 5.05. The van der Waals surface area contributed by atoms with E-state index in [4.69, 9.17) is 0 Å². The fourth-order valence-electron chi connectivity index (χ4n) is 3.65. The Morgan fingerprint density at radius 3 is 2.88 bits per heavy atom. The lowest BCUT2D eigenvalue weighted by Crippen LogP contribution is -2.51. The van der Waals surface area contributed by atoms with Gasteiger partial charge in [0.05, 0.1) is 5.69 Å². The van der Waals surface area contributed by atoms with Crippen molar-refractivity contribution in [3.05, 3.63) is 29.1 Å². The van der Waals surface area contributed by atoms with Crippen LogP contribution in [0, 0.1) is 11.7 Å². The van der Waals surface area contributed by atoms with Gasteiger partial charge >= 0.3 is 0 Å². The predicted octanol–water partition coefficient (Wildman–Crippen LogP) is 2.45. The van der Waals surface area contributed by atoms with Gasteiger partial charge in [0.15, 0.2) is 0 Å². The zero-order valence-electron chi connectivity index (χ0n) is 14.9. The van der Waals surface area contributed by atoms with E-state index in [1.54, 1.807) is 11.0 Å². The average Bonchev–Trinajstić information content (AvgIpc) is 2.63. The van der Waals surface area contributed by atoms with Gasteiger partial charge in [0.1, 0.15) is 11.9 Å². The summed E-state index contributed by atoms with van der Waals surface area (Å²) in [5.41, 5.74) is 1.83. The number of anilines is 1. The molecule has 1 atom stereocenters. The highest BCUT2D eigenvalue weighted by Crippen LogP contribution is 2.26. The Bertz CT molecular complexity index is 675. The minimum Gasteiger partial charge on any atom is -0.330 e. The molecular weight excluding hydrogens is 321 g/mol. The molecule has 2 amide bonds. The molecule has 3 rings (SSSR count). The van der Waals surface area contributed by atoms with Gasteiger partial charge in [0.25, 0.3) is 0 Å². The molecule has 0 spiro atoms. The van der Waals surface area contributed by atoms with Crippen LogP contribution in [0.25, 0.3) is 0 Å². The van der Waals surface area contributed by atoms with Crippen molar-refractivity contribution >= 4 is 17.5 Å². The zero-order valence-corrected chi connectivity index (χ0v) is 14.9. The molecule has 1 aromatic carbocycles. The van der Waals surface area contributed by atoms with Gasteiger partial charge in [-0.05, 0) is 49.4 Å². The summed E-state index contributed by atoms with van der Waals surface area (Å²) >= 11 is 0. The van der Waals surface area contributed by atoms with Crippen molar-refractivity contribution in [2.45, 2.75) is 52.1 Å². The first-order valence-electron chi connectivity index (χ1n) is 9.11. The zero-order chi connectivity index (χ0) is 18.0. The number of halogens is 1. The molecule has 136 valence electrons. The minimum absolute atomic E-state index is 0.0168. The van der Waals surface area contributed by atoms with Crippen molar-refractivity contribution in [1.82, 2.24) is 10.2 Å². The Hall–Kier alpha value is -1.95. The van der Waals surface area contributed by atoms with E-state index in [2.05, 4.69) is 10.6 Å². The smallest absolute Gasteiger partial charge is 0.247 e. The molecule has 5 nitrogen and oxygen atoms in total. The lowest BCUT2D eigenvalue weighted by molar-refractivity contribution is -0.142. The molecule has 1 saturated heterocycles. The maximum absolute atomic E-state index is 14.7. The molecule has 2 N–H and O–H groups in total. The van der Waals surface area contributed by atoms with Crippen LogP contribution in [0.1, 0.15) is 44.2 Å². The van der Waals surface area contributed by atoms with Crippen LogP contribution in [0.5, 0.6) is 0 Å². The third-order valence-corrected chi connectivity index (χ3v) is 5.05. The molecule has 0 aromatic heterocycles. The second-order valence-electron chi connectivity index (χ2n) is 7.18. The van der Waals surface area contributed by atoms with Crippen LogP contribution in [-0.4, -0.2) is 35.8 Å². The highest BCUT2D eigenvalue weighted by Gasteiger charge is 2.33. The van der Waals surface area contributed by atoms with E-state index >= 15 is 0 Å². The Morgan fingerprint density at radius 1 is 1.32 bits per heavy atom. The standard InChI is InChI=1S/C19H26FN3O2/c1-12(2)19(25)23-10-4-3-5-16(23)18(24)22-15-7-6-13-11-21-9-8-14(13)17(15)20/h6-7,12,16,21H,3-5,8-11H2,1-2H3,(H,22,24). The lowest BCUT2D eigenvalue weighted by atomic mass is 9.98. The largest absolute Gasteiger partial charge is 0.330 e. The predicted molar refractivity (Wildman–Crippen MR) is 94.6 cm³/mol. The first-order valence-corrected chi connectivity index (χ1v) is 9.11. The summed E-state index contributed by atoms with van der Waals surface area (Å²) in [6.45, 7) is 5.65. The number of rotatable bonds is 3. The number of amides is 2. The second-order valence-corrected chi connectivity index (χ2v) is 7.18. The van der Waals surface area contributed by atoms with Crippen LogP contribution in [0.2, 0.25) is 0 Å². The van der Waals surface area contributed by atoms with Crippen LogP contribution in [0.3, 0.4) is 0 Å². The molecule has 0 aliphatic carbocycles. The van der Waals surface area contributed by atoms with Gasteiger partial charge < -0.3 is 15.5 Å². The molecular formula is C19H26FN3O2. The van der Waals surface area contributed by atoms with Crippen LogP contribution < -0.4 is 10.6 Å². The van der Waals surface area contributed by atoms with E-state index in [0.29, 0.717) is 31.5 Å². The summed E-state index contributed by atoms with van der Waals surface area (Å²) in [4.78, 5) is 26.8. The Balaban J connectivity index is 1.78. The first kappa shape index (κ1) is 17.9. The van der Waals surface area contributed by atoms with Gasteiger partial charge in [0, 0.05) is 19.0 Å². The molecule has 1 aromatic rings. The highest BCUT2D eigenvalue weighted by atomic mass is 19.1. The fourth-order valence-corrected chi connectivity index (χ4v) is 3.65. The third kappa shape index (κ3) is 3.68. The summed E-state index contributed by atoms with van der Waals surface area (Å²) in [5, 5.41) is 5.94. The van der Waals surface area contributed by atoms with Gasteiger partial charge in [-0.2, -0.15) is 0 Å². The Morgan fingerprint density at radius 2 is 2.12 bits per heavy atom. The van der Waals surface area contributed by atoms with Crippen LogP contribution in [0.15, 0.2) is 12.1 Å². The molecule has 0 radical (unpaired) electrons. The van der Waals surface area contributed by atoms with E-state index in [-0.39, 0.29) is 29.2 Å². The molecule has 2 aliphatic heterocycles. The fraction of sp³-hybridized carbons (Fsp3) is 0.579. The van der Waals surface area contributed by atoms with E-state index < -0.39 is 6.04 Å². The molecule has 1 unspecified atom stereocenters. The van der Waals surface area contributed by atoms with Crippen LogP contribution >= 0.6 is 0 Å². The maximum Gasteiger partial charge on any atom is 0.247 e. The maximum atomic E-state index is 14.7.